The number of carbonyl (C=O) groups excluding carboxylic acids is 1. The maximum Gasteiger partial charge on any atom is 0.315 e. The van der Waals surface area contributed by atoms with Crippen LogP contribution in [0.3, 0.4) is 0 Å². The molecule has 0 bridgehead atoms. The van der Waals surface area contributed by atoms with E-state index in [-0.39, 0.29) is 18.2 Å². The smallest absolute Gasteiger partial charge is 0.315 e. The third-order valence-corrected chi connectivity index (χ3v) is 3.14. The van der Waals surface area contributed by atoms with Crippen LogP contribution in [-0.4, -0.2) is 47.8 Å². The van der Waals surface area contributed by atoms with Gasteiger partial charge in [0.1, 0.15) is 0 Å². The van der Waals surface area contributed by atoms with Crippen LogP contribution in [0.1, 0.15) is 19.8 Å². The average molecular weight is 279 g/mol. The normalized spacial score (nSPS) is 19.4. The first-order valence-electron chi connectivity index (χ1n) is 6.92. The molecule has 1 aliphatic heterocycles. The molecule has 1 saturated heterocycles. The fourth-order valence-corrected chi connectivity index (χ4v) is 2.09. The maximum atomic E-state index is 11.7. The number of aromatic nitrogens is 2. The minimum atomic E-state index is -0.177. The predicted molar refractivity (Wildman–Crippen MR) is 75.5 cm³/mol. The lowest BCUT2D eigenvalue weighted by Crippen LogP contribution is -2.46. The van der Waals surface area contributed by atoms with Crippen molar-refractivity contribution in [1.29, 1.82) is 0 Å². The average Bonchev–Trinajstić information content (AvgIpc) is 2.99. The Labute approximate surface area is 118 Å². The lowest BCUT2D eigenvalue weighted by molar-refractivity contribution is 0.0860. The van der Waals surface area contributed by atoms with Crippen molar-refractivity contribution in [2.45, 2.75) is 31.9 Å². The first-order valence-corrected chi connectivity index (χ1v) is 6.92. The lowest BCUT2D eigenvalue weighted by atomic mass is 10.1. The van der Waals surface area contributed by atoms with Gasteiger partial charge in [0.05, 0.1) is 12.1 Å². The van der Waals surface area contributed by atoms with E-state index in [1.807, 2.05) is 6.92 Å². The number of anilines is 1. The zero-order valence-corrected chi connectivity index (χ0v) is 11.6. The molecule has 7 heteroatoms. The highest BCUT2D eigenvalue weighted by atomic mass is 16.5. The van der Waals surface area contributed by atoms with Crippen LogP contribution in [0.15, 0.2) is 18.5 Å². The van der Waals surface area contributed by atoms with Crippen molar-refractivity contribution in [1.82, 2.24) is 20.6 Å². The van der Waals surface area contributed by atoms with Gasteiger partial charge in [0.15, 0.2) is 0 Å². The van der Waals surface area contributed by atoms with Crippen molar-refractivity contribution in [3.63, 3.8) is 0 Å². The molecule has 0 saturated carbocycles. The number of nitrogens with zero attached hydrogens (tertiary/aromatic N) is 2. The molecule has 2 atom stereocenters. The van der Waals surface area contributed by atoms with Gasteiger partial charge in [-0.15, -0.1) is 0 Å². The van der Waals surface area contributed by atoms with Crippen molar-refractivity contribution in [2.24, 2.45) is 0 Å². The van der Waals surface area contributed by atoms with Gasteiger partial charge in [-0.05, 0) is 25.8 Å². The van der Waals surface area contributed by atoms with Gasteiger partial charge in [-0.25, -0.2) is 14.8 Å². The molecule has 0 unspecified atom stereocenters. The number of carbonyl (C=O) groups is 1. The molecule has 1 aromatic heterocycles. The topological polar surface area (TPSA) is 88.2 Å². The van der Waals surface area contributed by atoms with Gasteiger partial charge in [0.2, 0.25) is 5.95 Å². The van der Waals surface area contributed by atoms with E-state index in [4.69, 9.17) is 4.74 Å². The Balaban J connectivity index is 1.58. The number of hydrogen-bond acceptors (Lipinski definition) is 5. The second-order valence-corrected chi connectivity index (χ2v) is 4.74. The van der Waals surface area contributed by atoms with Crippen LogP contribution in [-0.2, 0) is 4.74 Å². The van der Waals surface area contributed by atoms with Gasteiger partial charge in [-0.1, -0.05) is 0 Å². The van der Waals surface area contributed by atoms with Gasteiger partial charge in [0.25, 0.3) is 0 Å². The van der Waals surface area contributed by atoms with Crippen LogP contribution in [0.4, 0.5) is 10.7 Å². The number of ether oxygens (including phenoxy) is 1. The number of hydrogen-bond donors (Lipinski definition) is 3. The summed E-state index contributed by atoms with van der Waals surface area (Å²) in [7, 11) is 0. The Morgan fingerprint density at radius 3 is 2.95 bits per heavy atom. The van der Waals surface area contributed by atoms with Gasteiger partial charge in [-0.3, -0.25) is 0 Å². The Morgan fingerprint density at radius 1 is 1.45 bits per heavy atom. The summed E-state index contributed by atoms with van der Waals surface area (Å²) in [6.07, 6.45) is 5.54. The molecular formula is C13H21N5O2. The van der Waals surface area contributed by atoms with E-state index >= 15 is 0 Å². The molecule has 0 aromatic carbocycles. The van der Waals surface area contributed by atoms with E-state index in [0.717, 1.165) is 19.4 Å². The predicted octanol–water partition coefficient (Wildman–Crippen LogP) is 0.755. The van der Waals surface area contributed by atoms with Gasteiger partial charge in [0, 0.05) is 32.1 Å². The summed E-state index contributed by atoms with van der Waals surface area (Å²) in [5.41, 5.74) is 0. The van der Waals surface area contributed by atoms with Crippen LogP contribution >= 0.6 is 0 Å². The SMILES string of the molecule is C[C@@H](NC(=O)NCCNc1ncccn1)[C@@H]1CCCO1. The number of amides is 2. The molecule has 0 radical (unpaired) electrons. The summed E-state index contributed by atoms with van der Waals surface area (Å²) in [6, 6.07) is 1.61. The van der Waals surface area contributed by atoms with Crippen molar-refractivity contribution in [3.05, 3.63) is 18.5 Å². The summed E-state index contributed by atoms with van der Waals surface area (Å²) in [6.45, 7) is 3.83. The fraction of sp³-hybridized carbons (Fsp3) is 0.615. The van der Waals surface area contributed by atoms with Crippen LogP contribution < -0.4 is 16.0 Å². The van der Waals surface area contributed by atoms with E-state index in [1.54, 1.807) is 18.5 Å². The van der Waals surface area contributed by atoms with Crippen LogP contribution in [0, 0.1) is 0 Å². The van der Waals surface area contributed by atoms with E-state index < -0.39 is 0 Å². The Kier molecular flexibility index (Phi) is 5.55. The third-order valence-electron chi connectivity index (χ3n) is 3.14. The molecule has 0 spiro atoms. The standard InChI is InChI=1S/C13H21N5O2/c1-10(11-4-2-9-20-11)18-13(19)17-8-7-16-12-14-5-3-6-15-12/h3,5-6,10-11H,2,4,7-9H2,1H3,(H,14,15,16)(H2,17,18,19)/t10-,11+/m1/s1. The Morgan fingerprint density at radius 2 is 2.25 bits per heavy atom. The van der Waals surface area contributed by atoms with Crippen molar-refractivity contribution < 1.29 is 9.53 Å². The maximum absolute atomic E-state index is 11.7. The summed E-state index contributed by atoms with van der Waals surface area (Å²) in [5, 5.41) is 8.69. The van der Waals surface area contributed by atoms with Crippen molar-refractivity contribution >= 4 is 12.0 Å². The lowest BCUT2D eigenvalue weighted by Gasteiger charge is -2.20. The Bertz CT molecular complexity index is 408. The highest BCUT2D eigenvalue weighted by molar-refractivity contribution is 5.74. The van der Waals surface area contributed by atoms with E-state index in [2.05, 4.69) is 25.9 Å². The first-order chi connectivity index (χ1) is 9.75. The molecule has 1 aromatic rings. The van der Waals surface area contributed by atoms with Crippen molar-refractivity contribution in [3.8, 4) is 0 Å². The molecule has 3 N–H and O–H groups in total. The van der Waals surface area contributed by atoms with Gasteiger partial charge >= 0.3 is 6.03 Å². The molecule has 110 valence electrons. The molecule has 0 aliphatic carbocycles. The second-order valence-electron chi connectivity index (χ2n) is 4.74. The highest BCUT2D eigenvalue weighted by Crippen LogP contribution is 2.15. The monoisotopic (exact) mass is 279 g/mol. The zero-order valence-electron chi connectivity index (χ0n) is 11.6. The molecule has 2 rings (SSSR count). The third kappa shape index (κ3) is 4.65. The number of nitrogens with one attached hydrogen (secondary N) is 3. The second kappa shape index (κ2) is 7.64. The largest absolute Gasteiger partial charge is 0.376 e. The van der Waals surface area contributed by atoms with E-state index in [1.165, 1.54) is 0 Å². The van der Waals surface area contributed by atoms with E-state index in [9.17, 15) is 4.79 Å². The molecule has 7 nitrogen and oxygen atoms in total. The highest BCUT2D eigenvalue weighted by Gasteiger charge is 2.23. The van der Waals surface area contributed by atoms with Crippen LogP contribution in [0.5, 0.6) is 0 Å². The van der Waals surface area contributed by atoms with Crippen molar-refractivity contribution in [2.75, 3.05) is 25.0 Å². The molecular weight excluding hydrogens is 258 g/mol. The number of rotatable bonds is 6. The fourth-order valence-electron chi connectivity index (χ4n) is 2.09. The van der Waals surface area contributed by atoms with Gasteiger partial charge < -0.3 is 20.7 Å². The Hall–Kier alpha value is -1.89. The summed E-state index contributed by atoms with van der Waals surface area (Å²) in [4.78, 5) is 19.7. The molecule has 1 aliphatic rings. The molecule has 20 heavy (non-hydrogen) atoms. The quantitative estimate of drug-likeness (QED) is 0.669. The van der Waals surface area contributed by atoms with Crippen LogP contribution in [0.2, 0.25) is 0 Å². The summed E-state index contributed by atoms with van der Waals surface area (Å²) < 4.78 is 5.53. The summed E-state index contributed by atoms with van der Waals surface area (Å²) in [5.74, 6) is 0.558. The molecule has 2 heterocycles. The summed E-state index contributed by atoms with van der Waals surface area (Å²) >= 11 is 0. The first kappa shape index (κ1) is 14.5. The minimum absolute atomic E-state index is 0.0305. The van der Waals surface area contributed by atoms with E-state index in [0.29, 0.717) is 19.0 Å². The minimum Gasteiger partial charge on any atom is -0.376 e. The van der Waals surface area contributed by atoms with Crippen LogP contribution in [0.25, 0.3) is 0 Å². The zero-order chi connectivity index (χ0) is 14.2. The molecule has 2 amide bonds. The molecule has 1 fully saturated rings. The van der Waals surface area contributed by atoms with Gasteiger partial charge in [-0.2, -0.15) is 0 Å². The number of urea groups is 1.